The van der Waals surface area contributed by atoms with Crippen LogP contribution >= 0.6 is 0 Å². The molecule has 0 spiro atoms. The van der Waals surface area contributed by atoms with E-state index < -0.39 is 6.10 Å². The molecule has 0 aromatic heterocycles. The van der Waals surface area contributed by atoms with Gasteiger partial charge in [0.25, 0.3) is 5.91 Å². The van der Waals surface area contributed by atoms with Gasteiger partial charge in [-0.3, -0.25) is 10.5 Å². The number of ether oxygens (including phenoxy) is 1. The van der Waals surface area contributed by atoms with Crippen LogP contribution in [0.2, 0.25) is 0 Å². The molecule has 1 heterocycles. The number of para-hydroxylation sites is 1. The largest absolute Gasteiger partial charge is 0.476 e. The molecule has 0 aliphatic carbocycles. The number of hydrogen-bond acceptors (Lipinski definition) is 2. The van der Waals surface area contributed by atoms with E-state index in [2.05, 4.69) is 5.32 Å². The monoisotopic (exact) mass is 177 g/mol. The smallest absolute Gasteiger partial charge is 0.265 e. The molecule has 2 rings (SSSR count). The first-order valence-corrected chi connectivity index (χ1v) is 4.00. The predicted molar refractivity (Wildman–Crippen MR) is 47.9 cm³/mol. The third-order valence-electron chi connectivity index (χ3n) is 1.94. The molecule has 13 heavy (non-hydrogen) atoms. The second-order valence-electron chi connectivity index (χ2n) is 2.93. The highest BCUT2D eigenvalue weighted by Crippen LogP contribution is 2.35. The van der Waals surface area contributed by atoms with Crippen LogP contribution < -0.4 is 15.8 Å². The van der Waals surface area contributed by atoms with E-state index >= 15 is 0 Å². The lowest BCUT2D eigenvalue weighted by Gasteiger charge is -2.23. The average Bonchev–Trinajstić information content (AvgIpc) is 2.09. The van der Waals surface area contributed by atoms with Crippen LogP contribution in [0, 0.1) is 0 Å². The number of amides is 1. The van der Waals surface area contributed by atoms with E-state index in [-0.39, 0.29) is 5.91 Å². The third kappa shape index (κ3) is 1.20. The van der Waals surface area contributed by atoms with Crippen LogP contribution in [-0.2, 0) is 4.79 Å². The summed E-state index contributed by atoms with van der Waals surface area (Å²) in [5.74, 6) is 0.285. The molecule has 67 valence electrons. The first kappa shape index (κ1) is 7.91. The van der Waals surface area contributed by atoms with Gasteiger partial charge < -0.3 is 10.1 Å². The van der Waals surface area contributed by atoms with E-state index in [1.54, 1.807) is 25.1 Å². The zero-order chi connectivity index (χ0) is 9.42. The number of carbonyl (C=O) groups is 1. The van der Waals surface area contributed by atoms with Crippen molar-refractivity contribution in [3.63, 3.8) is 0 Å². The highest BCUT2D eigenvalue weighted by molar-refractivity contribution is 5.98. The fourth-order valence-corrected chi connectivity index (χ4v) is 1.23. The standard InChI is InChI=1S/C9H9N2O2/c1-5-9(12)11-7-4-2-3-6(10)8(7)13-5/h2-5,10H,1H3,(H,11,12)/t5-/m1/s1. The van der Waals surface area contributed by atoms with Crippen LogP contribution in [0.5, 0.6) is 5.75 Å². The average molecular weight is 177 g/mol. The number of benzene rings is 1. The summed E-state index contributed by atoms with van der Waals surface area (Å²) in [7, 11) is 0. The molecule has 1 aliphatic heterocycles. The van der Waals surface area contributed by atoms with Crippen LogP contribution in [0.3, 0.4) is 0 Å². The van der Waals surface area contributed by atoms with Gasteiger partial charge in [0.1, 0.15) is 0 Å². The SMILES string of the molecule is C[C@H]1Oc2c([NH])cccc2NC1=O. The first-order valence-electron chi connectivity index (χ1n) is 4.00. The molecule has 1 aromatic rings. The minimum atomic E-state index is -0.515. The fourth-order valence-electron chi connectivity index (χ4n) is 1.23. The molecule has 0 bridgehead atoms. The Bertz CT molecular complexity index is 363. The van der Waals surface area contributed by atoms with Crippen molar-refractivity contribution in [3.8, 4) is 5.75 Å². The van der Waals surface area contributed by atoms with Crippen LogP contribution in [0.15, 0.2) is 18.2 Å². The Hall–Kier alpha value is -1.71. The van der Waals surface area contributed by atoms with E-state index in [4.69, 9.17) is 10.5 Å². The normalized spacial score (nSPS) is 20.1. The fraction of sp³-hybridized carbons (Fsp3) is 0.222. The van der Waals surface area contributed by atoms with Crippen molar-refractivity contribution in [2.45, 2.75) is 13.0 Å². The molecule has 1 aliphatic rings. The molecular weight excluding hydrogens is 168 g/mol. The van der Waals surface area contributed by atoms with E-state index in [1.807, 2.05) is 0 Å². The molecule has 1 aromatic carbocycles. The van der Waals surface area contributed by atoms with E-state index in [0.29, 0.717) is 17.1 Å². The summed E-state index contributed by atoms with van der Waals surface area (Å²) in [6, 6.07) is 5.06. The summed E-state index contributed by atoms with van der Waals surface area (Å²) in [5.41, 5.74) is 8.40. The molecule has 0 unspecified atom stereocenters. The number of anilines is 1. The minimum Gasteiger partial charge on any atom is -0.476 e. The summed E-state index contributed by atoms with van der Waals surface area (Å²) in [6.07, 6.45) is -0.515. The predicted octanol–water partition coefficient (Wildman–Crippen LogP) is 1.32. The Morgan fingerprint density at radius 2 is 2.31 bits per heavy atom. The molecule has 4 heteroatoms. The Kier molecular flexibility index (Phi) is 1.62. The van der Waals surface area contributed by atoms with Gasteiger partial charge in [-0.2, -0.15) is 0 Å². The number of carbonyl (C=O) groups excluding carboxylic acids is 1. The quantitative estimate of drug-likeness (QED) is 0.649. The molecule has 2 N–H and O–H groups in total. The molecule has 0 saturated carbocycles. The summed E-state index contributed by atoms with van der Waals surface area (Å²) in [5, 5.41) is 2.67. The zero-order valence-corrected chi connectivity index (χ0v) is 7.13. The Morgan fingerprint density at radius 3 is 3.08 bits per heavy atom. The van der Waals surface area contributed by atoms with Gasteiger partial charge in [0.15, 0.2) is 11.9 Å². The van der Waals surface area contributed by atoms with Crippen molar-refractivity contribution < 1.29 is 9.53 Å². The maximum absolute atomic E-state index is 11.2. The summed E-state index contributed by atoms with van der Waals surface area (Å²) in [6.45, 7) is 1.66. The topological polar surface area (TPSA) is 62.1 Å². The van der Waals surface area contributed by atoms with Gasteiger partial charge in [-0.25, -0.2) is 0 Å². The van der Waals surface area contributed by atoms with Crippen LogP contribution in [0.4, 0.5) is 11.4 Å². The van der Waals surface area contributed by atoms with Crippen molar-refractivity contribution in [2.24, 2.45) is 0 Å². The highest BCUT2D eigenvalue weighted by Gasteiger charge is 2.24. The molecule has 0 saturated heterocycles. The van der Waals surface area contributed by atoms with Crippen LogP contribution in [0.1, 0.15) is 6.92 Å². The van der Waals surface area contributed by atoms with Gasteiger partial charge in [-0.15, -0.1) is 0 Å². The number of hydrogen-bond donors (Lipinski definition) is 1. The minimum absolute atomic E-state index is 0.168. The number of nitrogens with one attached hydrogen (secondary N) is 2. The van der Waals surface area contributed by atoms with E-state index in [1.165, 1.54) is 0 Å². The molecule has 4 nitrogen and oxygen atoms in total. The second kappa shape index (κ2) is 2.65. The number of rotatable bonds is 0. The Labute approximate surface area is 75.7 Å². The Morgan fingerprint density at radius 1 is 1.54 bits per heavy atom. The van der Waals surface area contributed by atoms with Crippen LogP contribution in [0.25, 0.3) is 0 Å². The first-order chi connectivity index (χ1) is 6.18. The highest BCUT2D eigenvalue weighted by atomic mass is 16.5. The van der Waals surface area contributed by atoms with Crippen molar-refractivity contribution in [2.75, 3.05) is 5.32 Å². The Balaban J connectivity index is 2.48. The molecular formula is C9H9N2O2. The van der Waals surface area contributed by atoms with Crippen LogP contribution in [-0.4, -0.2) is 12.0 Å². The van der Waals surface area contributed by atoms with Gasteiger partial charge in [0.2, 0.25) is 0 Å². The van der Waals surface area contributed by atoms with Gasteiger partial charge in [0.05, 0.1) is 11.4 Å². The number of fused-ring (bicyclic) bond motifs is 1. The summed E-state index contributed by atoms with van der Waals surface area (Å²) >= 11 is 0. The zero-order valence-electron chi connectivity index (χ0n) is 7.13. The molecule has 1 radical (unpaired) electrons. The van der Waals surface area contributed by atoms with Gasteiger partial charge in [0, 0.05) is 0 Å². The van der Waals surface area contributed by atoms with E-state index in [0.717, 1.165) is 0 Å². The summed E-state index contributed by atoms with van der Waals surface area (Å²) in [4.78, 5) is 11.2. The van der Waals surface area contributed by atoms with Crippen molar-refractivity contribution in [1.82, 2.24) is 5.73 Å². The lowest BCUT2D eigenvalue weighted by Crippen LogP contribution is -2.34. The van der Waals surface area contributed by atoms with Crippen molar-refractivity contribution >= 4 is 17.3 Å². The van der Waals surface area contributed by atoms with Crippen molar-refractivity contribution in [1.29, 1.82) is 0 Å². The molecule has 0 fully saturated rings. The van der Waals surface area contributed by atoms with Crippen molar-refractivity contribution in [3.05, 3.63) is 18.2 Å². The van der Waals surface area contributed by atoms with E-state index in [9.17, 15) is 4.79 Å². The lowest BCUT2D eigenvalue weighted by atomic mass is 10.2. The van der Waals surface area contributed by atoms with Gasteiger partial charge >= 0.3 is 0 Å². The maximum atomic E-state index is 11.2. The third-order valence-corrected chi connectivity index (χ3v) is 1.94. The van der Waals surface area contributed by atoms with Gasteiger partial charge in [-0.1, -0.05) is 6.07 Å². The molecule has 1 amide bonds. The second-order valence-corrected chi connectivity index (χ2v) is 2.93. The maximum Gasteiger partial charge on any atom is 0.265 e. The summed E-state index contributed by atoms with van der Waals surface area (Å²) < 4.78 is 5.28. The van der Waals surface area contributed by atoms with Gasteiger partial charge in [-0.05, 0) is 19.1 Å². The molecule has 1 atom stereocenters. The lowest BCUT2D eigenvalue weighted by molar-refractivity contribution is -0.122.